The molecule has 1 fully saturated rings. The molecule has 3 rings (SSSR count). The second-order valence-electron chi connectivity index (χ2n) is 5.56. The number of hydrogen-bond donors (Lipinski definition) is 1. The van der Waals surface area contributed by atoms with Crippen molar-refractivity contribution in [3.8, 4) is 5.75 Å². The second kappa shape index (κ2) is 3.24. The standard InChI is InChI=1S/C14H18O2/c1-9-3-4-13-11(5-9)12(15)8-14(16-13)6-10(2)7-14/h3-5,10,12,15H,6-8H2,1-2H3/t10?,12-,14?/m0/s1. The van der Waals surface area contributed by atoms with Gasteiger partial charge in [0.15, 0.2) is 0 Å². The lowest BCUT2D eigenvalue weighted by Gasteiger charge is -2.50. The van der Waals surface area contributed by atoms with Crippen molar-refractivity contribution in [3.05, 3.63) is 29.3 Å². The van der Waals surface area contributed by atoms with Crippen LogP contribution in [0.2, 0.25) is 0 Å². The first kappa shape index (κ1) is 10.2. The van der Waals surface area contributed by atoms with E-state index in [0.29, 0.717) is 0 Å². The van der Waals surface area contributed by atoms with Crippen LogP contribution in [-0.4, -0.2) is 10.7 Å². The number of rotatable bonds is 0. The molecule has 1 saturated carbocycles. The van der Waals surface area contributed by atoms with Gasteiger partial charge in [-0.15, -0.1) is 0 Å². The average molecular weight is 218 g/mol. The Hall–Kier alpha value is -1.02. The van der Waals surface area contributed by atoms with Crippen LogP contribution < -0.4 is 4.74 Å². The molecule has 0 bridgehead atoms. The van der Waals surface area contributed by atoms with Gasteiger partial charge in [0, 0.05) is 12.0 Å². The Bertz CT molecular complexity index is 419. The minimum atomic E-state index is -0.351. The maximum Gasteiger partial charge on any atom is 0.125 e. The third-order valence-corrected chi connectivity index (χ3v) is 3.86. The summed E-state index contributed by atoms with van der Waals surface area (Å²) in [6.45, 7) is 4.29. The number of fused-ring (bicyclic) bond motifs is 1. The Morgan fingerprint density at radius 3 is 2.75 bits per heavy atom. The van der Waals surface area contributed by atoms with Crippen molar-refractivity contribution in [2.75, 3.05) is 0 Å². The molecule has 0 saturated heterocycles. The van der Waals surface area contributed by atoms with Crippen molar-refractivity contribution < 1.29 is 9.84 Å². The maximum atomic E-state index is 10.2. The van der Waals surface area contributed by atoms with E-state index in [4.69, 9.17) is 4.74 Å². The van der Waals surface area contributed by atoms with Gasteiger partial charge in [0.05, 0.1) is 6.10 Å². The first-order valence-corrected chi connectivity index (χ1v) is 6.06. The van der Waals surface area contributed by atoms with E-state index in [1.807, 2.05) is 25.1 Å². The zero-order valence-corrected chi connectivity index (χ0v) is 9.86. The van der Waals surface area contributed by atoms with Crippen LogP contribution in [0.3, 0.4) is 0 Å². The summed E-state index contributed by atoms with van der Waals surface area (Å²) in [6.07, 6.45) is 2.57. The molecule has 1 spiro atoms. The molecule has 86 valence electrons. The molecule has 1 heterocycles. The highest BCUT2D eigenvalue weighted by Crippen LogP contribution is 2.51. The quantitative estimate of drug-likeness (QED) is 0.725. The number of aliphatic hydroxyl groups is 1. The highest BCUT2D eigenvalue weighted by Gasteiger charge is 2.48. The predicted molar refractivity (Wildman–Crippen MR) is 62.5 cm³/mol. The van der Waals surface area contributed by atoms with Gasteiger partial charge in [-0.1, -0.05) is 18.6 Å². The molecule has 1 aromatic rings. The number of aliphatic hydroxyl groups excluding tert-OH is 1. The molecule has 0 radical (unpaired) electrons. The summed E-state index contributed by atoms with van der Waals surface area (Å²) >= 11 is 0. The van der Waals surface area contributed by atoms with Crippen LogP contribution in [0.15, 0.2) is 18.2 Å². The molecule has 16 heavy (non-hydrogen) atoms. The van der Waals surface area contributed by atoms with E-state index < -0.39 is 0 Å². The summed E-state index contributed by atoms with van der Waals surface area (Å²) in [5.41, 5.74) is 2.07. The van der Waals surface area contributed by atoms with Crippen molar-refractivity contribution in [2.45, 2.75) is 44.8 Å². The molecular weight excluding hydrogens is 200 g/mol. The normalized spacial score (nSPS) is 36.4. The fourth-order valence-electron chi connectivity index (χ4n) is 3.22. The van der Waals surface area contributed by atoms with Crippen molar-refractivity contribution in [1.29, 1.82) is 0 Å². The topological polar surface area (TPSA) is 29.5 Å². The van der Waals surface area contributed by atoms with Gasteiger partial charge in [0.1, 0.15) is 11.4 Å². The summed E-state index contributed by atoms with van der Waals surface area (Å²) in [7, 11) is 0. The molecule has 0 amide bonds. The number of hydrogen-bond acceptors (Lipinski definition) is 2. The van der Waals surface area contributed by atoms with Gasteiger partial charge in [-0.3, -0.25) is 0 Å². The van der Waals surface area contributed by atoms with Gasteiger partial charge >= 0.3 is 0 Å². The molecule has 2 aliphatic rings. The fraction of sp³-hybridized carbons (Fsp3) is 0.571. The van der Waals surface area contributed by atoms with Gasteiger partial charge in [-0.25, -0.2) is 0 Å². The van der Waals surface area contributed by atoms with E-state index in [1.54, 1.807) is 0 Å². The first-order chi connectivity index (χ1) is 7.58. The SMILES string of the molecule is Cc1ccc2c(c1)[C@@H](O)CC1(CC(C)C1)O2. The molecule has 0 aromatic heterocycles. The molecule has 1 aliphatic carbocycles. The summed E-state index contributed by atoms with van der Waals surface area (Å²) in [5, 5.41) is 10.2. The summed E-state index contributed by atoms with van der Waals surface area (Å²) < 4.78 is 6.09. The molecule has 2 nitrogen and oxygen atoms in total. The van der Waals surface area contributed by atoms with Gasteiger partial charge in [0.2, 0.25) is 0 Å². The Kier molecular flexibility index (Phi) is 2.05. The van der Waals surface area contributed by atoms with Gasteiger partial charge in [0.25, 0.3) is 0 Å². The zero-order chi connectivity index (χ0) is 11.3. The Morgan fingerprint density at radius 2 is 2.06 bits per heavy atom. The van der Waals surface area contributed by atoms with Gasteiger partial charge in [-0.2, -0.15) is 0 Å². The van der Waals surface area contributed by atoms with E-state index in [-0.39, 0.29) is 11.7 Å². The van der Waals surface area contributed by atoms with Crippen LogP contribution in [0.1, 0.15) is 43.4 Å². The highest BCUT2D eigenvalue weighted by atomic mass is 16.5. The zero-order valence-electron chi connectivity index (χ0n) is 9.86. The van der Waals surface area contributed by atoms with Crippen molar-refractivity contribution >= 4 is 0 Å². The molecule has 2 heteroatoms. The molecule has 1 N–H and O–H groups in total. The van der Waals surface area contributed by atoms with Crippen LogP contribution in [0.5, 0.6) is 5.75 Å². The van der Waals surface area contributed by atoms with Crippen LogP contribution in [0.4, 0.5) is 0 Å². The minimum absolute atomic E-state index is 0.0684. The third-order valence-electron chi connectivity index (χ3n) is 3.86. The number of aryl methyl sites for hydroxylation is 1. The van der Waals surface area contributed by atoms with Crippen molar-refractivity contribution in [1.82, 2.24) is 0 Å². The summed E-state index contributed by atoms with van der Waals surface area (Å²) in [4.78, 5) is 0. The van der Waals surface area contributed by atoms with Crippen LogP contribution in [0, 0.1) is 12.8 Å². The molecule has 1 atom stereocenters. The lowest BCUT2D eigenvalue weighted by Crippen LogP contribution is -2.51. The Labute approximate surface area is 96.2 Å². The Morgan fingerprint density at radius 1 is 1.31 bits per heavy atom. The third kappa shape index (κ3) is 1.44. The van der Waals surface area contributed by atoms with E-state index in [2.05, 4.69) is 6.92 Å². The first-order valence-electron chi connectivity index (χ1n) is 6.06. The monoisotopic (exact) mass is 218 g/mol. The van der Waals surface area contributed by atoms with E-state index in [1.165, 1.54) is 5.56 Å². The van der Waals surface area contributed by atoms with Gasteiger partial charge in [-0.05, 0) is 37.8 Å². The number of ether oxygens (including phenoxy) is 1. The second-order valence-corrected chi connectivity index (χ2v) is 5.56. The van der Waals surface area contributed by atoms with E-state index in [9.17, 15) is 5.11 Å². The Balaban J connectivity index is 1.94. The van der Waals surface area contributed by atoms with E-state index in [0.717, 1.165) is 36.5 Å². The van der Waals surface area contributed by atoms with Crippen molar-refractivity contribution in [2.24, 2.45) is 5.92 Å². The number of benzene rings is 1. The molecule has 1 aliphatic heterocycles. The molecule has 1 aromatic carbocycles. The van der Waals surface area contributed by atoms with Crippen LogP contribution in [0.25, 0.3) is 0 Å². The smallest absolute Gasteiger partial charge is 0.125 e. The predicted octanol–water partition coefficient (Wildman–Crippen LogP) is 2.98. The fourth-order valence-corrected chi connectivity index (χ4v) is 3.22. The highest BCUT2D eigenvalue weighted by molar-refractivity contribution is 5.41. The summed E-state index contributed by atoms with van der Waals surface area (Å²) in [6, 6.07) is 6.08. The molecular formula is C14H18O2. The van der Waals surface area contributed by atoms with Crippen LogP contribution >= 0.6 is 0 Å². The van der Waals surface area contributed by atoms with E-state index >= 15 is 0 Å². The minimum Gasteiger partial charge on any atom is -0.487 e. The lowest BCUT2D eigenvalue weighted by molar-refractivity contribution is -0.0925. The lowest BCUT2D eigenvalue weighted by atomic mass is 9.67. The average Bonchev–Trinajstić information content (AvgIpc) is 2.17. The maximum absolute atomic E-state index is 10.2. The molecule has 0 unspecified atom stereocenters. The largest absolute Gasteiger partial charge is 0.487 e. The van der Waals surface area contributed by atoms with Crippen LogP contribution in [-0.2, 0) is 0 Å². The van der Waals surface area contributed by atoms with Crippen molar-refractivity contribution in [3.63, 3.8) is 0 Å². The summed E-state index contributed by atoms with van der Waals surface area (Å²) in [5.74, 6) is 1.62. The van der Waals surface area contributed by atoms with Gasteiger partial charge < -0.3 is 9.84 Å².